The third kappa shape index (κ3) is 3.25. The standard InChI is InChI=1S/C21H18N4O2/c1-14-19(21(26)23-22-14)12-16-13-25(17-6-4-3-5-7-17)24-20(16)15-8-10-18(27-2)11-9-15/h3-13H,1-2H3,(H,23,26)/b19-12+. The van der Waals surface area contributed by atoms with Gasteiger partial charge < -0.3 is 4.74 Å². The minimum absolute atomic E-state index is 0.208. The smallest absolute Gasteiger partial charge is 0.273 e. The molecule has 0 saturated heterocycles. The van der Waals surface area contributed by atoms with Gasteiger partial charge in [0.2, 0.25) is 0 Å². The summed E-state index contributed by atoms with van der Waals surface area (Å²) in [7, 11) is 1.63. The van der Waals surface area contributed by atoms with E-state index in [1.54, 1.807) is 14.0 Å². The molecule has 1 aromatic heterocycles. The van der Waals surface area contributed by atoms with E-state index in [4.69, 9.17) is 9.84 Å². The Bertz CT molecular complexity index is 1050. The van der Waals surface area contributed by atoms with Crippen molar-refractivity contribution in [3.05, 3.63) is 71.9 Å². The van der Waals surface area contributed by atoms with Crippen LogP contribution < -0.4 is 10.2 Å². The summed E-state index contributed by atoms with van der Waals surface area (Å²) in [5.41, 5.74) is 7.18. The van der Waals surface area contributed by atoms with Crippen molar-refractivity contribution in [1.82, 2.24) is 15.2 Å². The lowest BCUT2D eigenvalue weighted by Gasteiger charge is -2.03. The van der Waals surface area contributed by atoms with Gasteiger partial charge in [-0.15, -0.1) is 0 Å². The number of aromatic nitrogens is 2. The molecule has 1 N–H and O–H groups in total. The molecule has 0 bridgehead atoms. The Balaban J connectivity index is 1.85. The van der Waals surface area contributed by atoms with Gasteiger partial charge in [-0.3, -0.25) is 4.79 Å². The lowest BCUT2D eigenvalue weighted by Crippen LogP contribution is -2.12. The molecule has 0 radical (unpaired) electrons. The monoisotopic (exact) mass is 358 g/mol. The molecule has 1 aliphatic heterocycles. The molecule has 27 heavy (non-hydrogen) atoms. The van der Waals surface area contributed by atoms with E-state index in [9.17, 15) is 4.79 Å². The molecule has 0 aliphatic carbocycles. The zero-order chi connectivity index (χ0) is 18.8. The summed E-state index contributed by atoms with van der Waals surface area (Å²) < 4.78 is 7.05. The second kappa shape index (κ2) is 6.92. The first-order valence-electron chi connectivity index (χ1n) is 8.52. The topological polar surface area (TPSA) is 68.5 Å². The van der Waals surface area contributed by atoms with Crippen LogP contribution in [0.15, 0.2) is 71.5 Å². The van der Waals surface area contributed by atoms with Gasteiger partial charge >= 0.3 is 0 Å². The first-order valence-corrected chi connectivity index (χ1v) is 8.52. The van der Waals surface area contributed by atoms with E-state index >= 15 is 0 Å². The van der Waals surface area contributed by atoms with Gasteiger partial charge in [0.15, 0.2) is 0 Å². The number of hydrogen-bond acceptors (Lipinski definition) is 4. The Kier molecular flexibility index (Phi) is 4.30. The number of carbonyl (C=O) groups excluding carboxylic acids is 1. The molecule has 1 amide bonds. The van der Waals surface area contributed by atoms with E-state index in [0.29, 0.717) is 11.3 Å². The average molecular weight is 358 g/mol. The Hall–Kier alpha value is -3.67. The van der Waals surface area contributed by atoms with Crippen LogP contribution in [-0.2, 0) is 4.79 Å². The molecule has 0 atom stereocenters. The van der Waals surface area contributed by atoms with Gasteiger partial charge in [-0.05, 0) is 49.4 Å². The molecule has 6 nitrogen and oxygen atoms in total. The summed E-state index contributed by atoms with van der Waals surface area (Å²) in [4.78, 5) is 12.1. The van der Waals surface area contributed by atoms with E-state index in [1.807, 2.05) is 71.6 Å². The highest BCUT2D eigenvalue weighted by Crippen LogP contribution is 2.28. The van der Waals surface area contributed by atoms with Crippen molar-refractivity contribution >= 4 is 17.7 Å². The molecule has 3 aromatic rings. The number of hydrogen-bond donors (Lipinski definition) is 1. The van der Waals surface area contributed by atoms with Gasteiger partial charge in [-0.25, -0.2) is 10.1 Å². The number of nitrogens with zero attached hydrogens (tertiary/aromatic N) is 3. The van der Waals surface area contributed by atoms with Crippen molar-refractivity contribution in [1.29, 1.82) is 0 Å². The molecule has 134 valence electrons. The first-order chi connectivity index (χ1) is 13.2. The highest BCUT2D eigenvalue weighted by Gasteiger charge is 2.20. The predicted molar refractivity (Wildman–Crippen MR) is 105 cm³/mol. The van der Waals surface area contributed by atoms with Crippen molar-refractivity contribution in [2.24, 2.45) is 5.10 Å². The predicted octanol–water partition coefficient (Wildman–Crippen LogP) is 3.44. The number of para-hydroxylation sites is 1. The van der Waals surface area contributed by atoms with Crippen LogP contribution in [0.1, 0.15) is 12.5 Å². The Morgan fingerprint density at radius 1 is 1.07 bits per heavy atom. The summed E-state index contributed by atoms with van der Waals surface area (Å²) >= 11 is 0. The van der Waals surface area contributed by atoms with Crippen molar-refractivity contribution in [3.63, 3.8) is 0 Å². The van der Waals surface area contributed by atoms with E-state index in [2.05, 4.69) is 10.5 Å². The molecular weight excluding hydrogens is 340 g/mol. The van der Waals surface area contributed by atoms with Gasteiger partial charge in [-0.1, -0.05) is 18.2 Å². The van der Waals surface area contributed by atoms with Gasteiger partial charge in [0.25, 0.3) is 5.91 Å². The molecule has 2 aromatic carbocycles. The number of rotatable bonds is 4. The van der Waals surface area contributed by atoms with Crippen LogP contribution in [0.4, 0.5) is 0 Å². The van der Waals surface area contributed by atoms with Gasteiger partial charge in [0.1, 0.15) is 5.75 Å². The number of hydrazone groups is 1. The molecule has 4 rings (SSSR count). The second-order valence-electron chi connectivity index (χ2n) is 6.14. The first kappa shape index (κ1) is 16.8. The number of amides is 1. The zero-order valence-corrected chi connectivity index (χ0v) is 15.0. The summed E-state index contributed by atoms with van der Waals surface area (Å²) in [5.74, 6) is 0.569. The summed E-state index contributed by atoms with van der Waals surface area (Å²) in [6, 6.07) is 17.5. The van der Waals surface area contributed by atoms with Crippen LogP contribution in [0.2, 0.25) is 0 Å². The number of carbonyl (C=O) groups is 1. The summed E-state index contributed by atoms with van der Waals surface area (Å²) in [5, 5.41) is 8.75. The van der Waals surface area contributed by atoms with Crippen LogP contribution in [0.3, 0.4) is 0 Å². The van der Waals surface area contributed by atoms with E-state index in [1.165, 1.54) is 0 Å². The fraction of sp³-hybridized carbons (Fsp3) is 0.0952. The van der Waals surface area contributed by atoms with Crippen LogP contribution >= 0.6 is 0 Å². The van der Waals surface area contributed by atoms with E-state index < -0.39 is 0 Å². The summed E-state index contributed by atoms with van der Waals surface area (Å²) in [6.07, 6.45) is 3.74. The molecule has 0 unspecified atom stereocenters. The van der Waals surface area contributed by atoms with Crippen molar-refractivity contribution in [2.75, 3.05) is 7.11 Å². The van der Waals surface area contributed by atoms with E-state index in [-0.39, 0.29) is 5.91 Å². The fourth-order valence-electron chi connectivity index (χ4n) is 2.92. The van der Waals surface area contributed by atoms with Crippen LogP contribution in [0, 0.1) is 0 Å². The number of benzene rings is 2. The highest BCUT2D eigenvalue weighted by molar-refractivity contribution is 6.26. The normalized spacial score (nSPS) is 15.0. The molecule has 0 fully saturated rings. The lowest BCUT2D eigenvalue weighted by atomic mass is 10.0. The van der Waals surface area contributed by atoms with Crippen LogP contribution in [-0.4, -0.2) is 28.5 Å². The number of methoxy groups -OCH3 is 1. The maximum absolute atomic E-state index is 12.1. The lowest BCUT2D eigenvalue weighted by molar-refractivity contribution is -0.116. The van der Waals surface area contributed by atoms with Gasteiger partial charge in [0.05, 0.1) is 29.8 Å². The minimum Gasteiger partial charge on any atom is -0.497 e. The molecule has 0 spiro atoms. The Morgan fingerprint density at radius 3 is 2.44 bits per heavy atom. The molecule has 2 heterocycles. The SMILES string of the molecule is COc1ccc(-c2nn(-c3ccccc3)cc2/C=C2/C(=O)NN=C2C)cc1. The number of ether oxygens (including phenoxy) is 1. The zero-order valence-electron chi connectivity index (χ0n) is 15.0. The largest absolute Gasteiger partial charge is 0.497 e. The van der Waals surface area contributed by atoms with Crippen molar-refractivity contribution < 1.29 is 9.53 Å². The quantitative estimate of drug-likeness (QED) is 0.727. The number of nitrogens with one attached hydrogen (secondary N) is 1. The van der Waals surface area contributed by atoms with Crippen LogP contribution in [0.5, 0.6) is 5.75 Å². The van der Waals surface area contributed by atoms with Gasteiger partial charge in [0, 0.05) is 17.3 Å². The van der Waals surface area contributed by atoms with E-state index in [0.717, 1.165) is 28.3 Å². The van der Waals surface area contributed by atoms with Crippen LogP contribution in [0.25, 0.3) is 23.0 Å². The Morgan fingerprint density at radius 2 is 1.81 bits per heavy atom. The second-order valence-corrected chi connectivity index (χ2v) is 6.14. The average Bonchev–Trinajstić information content (AvgIpc) is 3.28. The molecule has 0 saturated carbocycles. The molecule has 6 heteroatoms. The fourth-order valence-corrected chi connectivity index (χ4v) is 2.92. The third-order valence-corrected chi connectivity index (χ3v) is 4.39. The highest BCUT2D eigenvalue weighted by atomic mass is 16.5. The maximum atomic E-state index is 12.1. The summed E-state index contributed by atoms with van der Waals surface area (Å²) in [6.45, 7) is 1.80. The van der Waals surface area contributed by atoms with Crippen molar-refractivity contribution in [2.45, 2.75) is 6.92 Å². The van der Waals surface area contributed by atoms with Crippen molar-refractivity contribution in [3.8, 4) is 22.7 Å². The molecule has 1 aliphatic rings. The third-order valence-electron chi connectivity index (χ3n) is 4.39. The molecular formula is C21H18N4O2. The minimum atomic E-state index is -0.208. The maximum Gasteiger partial charge on any atom is 0.273 e. The van der Waals surface area contributed by atoms with Gasteiger partial charge in [-0.2, -0.15) is 10.2 Å². The Labute approximate surface area is 156 Å².